The second kappa shape index (κ2) is 10.1. The monoisotopic (exact) mass is 488 g/mol. The van der Waals surface area contributed by atoms with E-state index in [1.54, 1.807) is 19.1 Å². The zero-order valence-electron chi connectivity index (χ0n) is 19.0. The molecular formula is C23H28N4O6S. The summed E-state index contributed by atoms with van der Waals surface area (Å²) in [4.78, 5) is 25.9. The summed E-state index contributed by atoms with van der Waals surface area (Å²) in [7, 11) is -3.75. The van der Waals surface area contributed by atoms with E-state index in [2.05, 4.69) is 10.2 Å². The average molecular weight is 489 g/mol. The molecule has 1 amide bonds. The van der Waals surface area contributed by atoms with Crippen LogP contribution in [0.15, 0.2) is 41.3 Å². The van der Waals surface area contributed by atoms with Crippen molar-refractivity contribution in [3.63, 3.8) is 0 Å². The highest BCUT2D eigenvalue weighted by atomic mass is 32.2. The Morgan fingerprint density at radius 3 is 2.38 bits per heavy atom. The number of amides is 1. The van der Waals surface area contributed by atoms with Crippen LogP contribution >= 0.6 is 0 Å². The molecule has 34 heavy (non-hydrogen) atoms. The summed E-state index contributed by atoms with van der Waals surface area (Å²) in [5, 5.41) is 14.0. The third-order valence-electron chi connectivity index (χ3n) is 6.18. The Bertz CT molecular complexity index is 1190. The number of carbonyl (C=O) groups is 1. The van der Waals surface area contributed by atoms with Crippen LogP contribution in [0.2, 0.25) is 0 Å². The standard InChI is InChI=1S/C23H28N4O6S/c1-17-15-18(5-7-21(17)27(29)30)23(28)24-20-16-19(34(31,32)26-11-13-33-14-12-26)6-8-22(20)25-9-3-2-4-10-25/h5-8,15-16H,2-4,9-14H2,1H3,(H,24,28). The number of rotatable bonds is 6. The number of benzene rings is 2. The summed E-state index contributed by atoms with van der Waals surface area (Å²) < 4.78 is 33.1. The highest BCUT2D eigenvalue weighted by Gasteiger charge is 2.28. The van der Waals surface area contributed by atoms with Gasteiger partial charge in [0, 0.05) is 43.4 Å². The molecule has 0 spiro atoms. The van der Waals surface area contributed by atoms with Crippen LogP contribution < -0.4 is 10.2 Å². The van der Waals surface area contributed by atoms with E-state index in [4.69, 9.17) is 4.74 Å². The maximum absolute atomic E-state index is 13.2. The number of nitrogens with zero attached hydrogens (tertiary/aromatic N) is 3. The highest BCUT2D eigenvalue weighted by molar-refractivity contribution is 7.89. The number of sulfonamides is 1. The lowest BCUT2D eigenvalue weighted by atomic mass is 10.1. The average Bonchev–Trinajstić information content (AvgIpc) is 2.84. The van der Waals surface area contributed by atoms with Crippen LogP contribution in [0.1, 0.15) is 35.2 Å². The van der Waals surface area contributed by atoms with E-state index >= 15 is 0 Å². The Morgan fingerprint density at radius 2 is 1.74 bits per heavy atom. The van der Waals surface area contributed by atoms with Gasteiger partial charge in [-0.05, 0) is 56.5 Å². The summed E-state index contributed by atoms with van der Waals surface area (Å²) in [6.45, 7) is 4.44. The molecule has 2 fully saturated rings. The first-order valence-electron chi connectivity index (χ1n) is 11.3. The first kappa shape index (κ1) is 24.1. The molecule has 1 N–H and O–H groups in total. The number of aryl methyl sites for hydroxylation is 1. The number of hydrogen-bond acceptors (Lipinski definition) is 7. The van der Waals surface area contributed by atoms with Gasteiger partial charge in [-0.2, -0.15) is 4.31 Å². The molecule has 2 aliphatic heterocycles. The molecule has 2 aromatic carbocycles. The van der Waals surface area contributed by atoms with E-state index in [0.29, 0.717) is 24.5 Å². The van der Waals surface area contributed by atoms with Crippen molar-refractivity contribution in [3.8, 4) is 0 Å². The van der Waals surface area contributed by atoms with Gasteiger partial charge in [0.2, 0.25) is 10.0 Å². The smallest absolute Gasteiger partial charge is 0.272 e. The number of ether oxygens (including phenoxy) is 1. The van der Waals surface area contributed by atoms with Gasteiger partial charge < -0.3 is 15.0 Å². The zero-order chi connectivity index (χ0) is 24.3. The number of hydrogen-bond donors (Lipinski definition) is 1. The number of morpholine rings is 1. The number of piperidine rings is 1. The van der Waals surface area contributed by atoms with E-state index in [1.165, 1.54) is 28.6 Å². The molecule has 2 heterocycles. The number of carbonyl (C=O) groups excluding carboxylic acids is 1. The molecule has 11 heteroatoms. The fraction of sp³-hybridized carbons (Fsp3) is 0.435. The largest absolute Gasteiger partial charge is 0.379 e. The van der Waals surface area contributed by atoms with E-state index in [0.717, 1.165) is 38.0 Å². The lowest BCUT2D eigenvalue weighted by Gasteiger charge is -2.31. The minimum Gasteiger partial charge on any atom is -0.379 e. The minimum atomic E-state index is -3.75. The van der Waals surface area contributed by atoms with Crippen molar-refractivity contribution in [2.45, 2.75) is 31.1 Å². The second-order valence-corrected chi connectivity index (χ2v) is 10.4. The fourth-order valence-electron chi connectivity index (χ4n) is 4.32. The Morgan fingerprint density at radius 1 is 1.03 bits per heavy atom. The van der Waals surface area contributed by atoms with E-state index in [1.807, 2.05) is 0 Å². The van der Waals surface area contributed by atoms with Crippen LogP contribution in [0.5, 0.6) is 0 Å². The Kier molecular flexibility index (Phi) is 7.15. The quantitative estimate of drug-likeness (QED) is 0.489. The first-order chi connectivity index (χ1) is 16.3. The van der Waals surface area contributed by atoms with Crippen LogP contribution in [0, 0.1) is 17.0 Å². The fourth-order valence-corrected chi connectivity index (χ4v) is 5.75. The third-order valence-corrected chi connectivity index (χ3v) is 8.07. The molecule has 0 aromatic heterocycles. The zero-order valence-corrected chi connectivity index (χ0v) is 19.8. The van der Waals surface area contributed by atoms with E-state index in [9.17, 15) is 23.3 Å². The van der Waals surface area contributed by atoms with Gasteiger partial charge in [0.15, 0.2) is 0 Å². The van der Waals surface area contributed by atoms with Gasteiger partial charge in [-0.3, -0.25) is 14.9 Å². The van der Waals surface area contributed by atoms with Gasteiger partial charge in [0.1, 0.15) is 0 Å². The maximum atomic E-state index is 13.2. The highest BCUT2D eigenvalue weighted by Crippen LogP contribution is 2.33. The molecule has 0 aliphatic carbocycles. The molecule has 4 rings (SSSR count). The molecule has 0 saturated carbocycles. The molecule has 0 unspecified atom stereocenters. The number of anilines is 2. The maximum Gasteiger partial charge on any atom is 0.272 e. The van der Waals surface area contributed by atoms with Crippen molar-refractivity contribution >= 4 is 33.0 Å². The molecule has 2 saturated heterocycles. The molecular weight excluding hydrogens is 460 g/mol. The molecule has 2 aliphatic rings. The van der Waals surface area contributed by atoms with Gasteiger partial charge in [0.05, 0.1) is 34.4 Å². The topological polar surface area (TPSA) is 122 Å². The summed E-state index contributed by atoms with van der Waals surface area (Å²) in [5.74, 6) is -0.461. The predicted molar refractivity (Wildman–Crippen MR) is 128 cm³/mol. The number of nitrogens with one attached hydrogen (secondary N) is 1. The first-order valence-corrected chi connectivity index (χ1v) is 12.7. The molecule has 10 nitrogen and oxygen atoms in total. The van der Waals surface area contributed by atoms with E-state index in [-0.39, 0.29) is 29.2 Å². The molecule has 0 radical (unpaired) electrons. The molecule has 2 aromatic rings. The number of nitro benzene ring substituents is 1. The predicted octanol–water partition coefficient (Wildman–Crippen LogP) is 3.17. The van der Waals surface area contributed by atoms with Crippen molar-refractivity contribution in [1.29, 1.82) is 0 Å². The van der Waals surface area contributed by atoms with Crippen LogP contribution in [-0.2, 0) is 14.8 Å². The van der Waals surface area contributed by atoms with Crippen molar-refractivity contribution < 1.29 is 22.9 Å². The summed E-state index contributed by atoms with van der Waals surface area (Å²) >= 11 is 0. The lowest BCUT2D eigenvalue weighted by Crippen LogP contribution is -2.40. The molecule has 0 atom stereocenters. The third kappa shape index (κ3) is 5.06. The minimum absolute atomic E-state index is 0.0656. The van der Waals surface area contributed by atoms with Gasteiger partial charge in [-0.25, -0.2) is 8.42 Å². The Hall–Kier alpha value is -3.02. The van der Waals surface area contributed by atoms with Gasteiger partial charge in [-0.15, -0.1) is 0 Å². The summed E-state index contributed by atoms with van der Waals surface area (Å²) in [6.07, 6.45) is 3.16. The number of nitro groups is 1. The van der Waals surface area contributed by atoms with Crippen molar-refractivity contribution in [3.05, 3.63) is 57.6 Å². The van der Waals surface area contributed by atoms with Crippen LogP contribution in [0.4, 0.5) is 17.1 Å². The Labute approximate surface area is 198 Å². The van der Waals surface area contributed by atoms with Crippen molar-refractivity contribution in [1.82, 2.24) is 4.31 Å². The summed E-state index contributed by atoms with van der Waals surface area (Å²) in [5.41, 5.74) is 1.72. The van der Waals surface area contributed by atoms with Crippen molar-refractivity contribution in [2.75, 3.05) is 49.6 Å². The second-order valence-electron chi connectivity index (χ2n) is 8.46. The van der Waals surface area contributed by atoms with E-state index < -0.39 is 20.9 Å². The molecule has 182 valence electrons. The van der Waals surface area contributed by atoms with Crippen LogP contribution in [0.25, 0.3) is 0 Å². The van der Waals surface area contributed by atoms with Crippen LogP contribution in [-0.4, -0.2) is 62.9 Å². The van der Waals surface area contributed by atoms with Gasteiger partial charge >= 0.3 is 0 Å². The van der Waals surface area contributed by atoms with Gasteiger partial charge in [0.25, 0.3) is 11.6 Å². The van der Waals surface area contributed by atoms with Crippen molar-refractivity contribution in [2.24, 2.45) is 0 Å². The Balaban J connectivity index is 1.68. The normalized spacial score (nSPS) is 17.4. The summed E-state index contributed by atoms with van der Waals surface area (Å²) in [6, 6.07) is 8.99. The SMILES string of the molecule is Cc1cc(C(=O)Nc2cc(S(=O)(=O)N3CCOCC3)ccc2N2CCCCC2)ccc1[N+](=O)[O-]. The van der Waals surface area contributed by atoms with Crippen LogP contribution in [0.3, 0.4) is 0 Å². The molecule has 0 bridgehead atoms. The van der Waals surface area contributed by atoms with Gasteiger partial charge in [-0.1, -0.05) is 0 Å². The lowest BCUT2D eigenvalue weighted by molar-refractivity contribution is -0.385.